The third kappa shape index (κ3) is 2.22. The van der Waals surface area contributed by atoms with Crippen LogP contribution in [0.1, 0.15) is 39.3 Å². The van der Waals surface area contributed by atoms with Gasteiger partial charge in [-0.05, 0) is 31.4 Å². The molecule has 2 saturated heterocycles. The first-order chi connectivity index (χ1) is 9.46. The molecule has 1 aromatic heterocycles. The number of halogens is 1. The van der Waals surface area contributed by atoms with Gasteiger partial charge in [0.05, 0.1) is 29.6 Å². The molecule has 0 N–H and O–H groups in total. The summed E-state index contributed by atoms with van der Waals surface area (Å²) in [5.74, 6) is 0.483. The number of ether oxygens (including phenoxy) is 2. The van der Waals surface area contributed by atoms with Crippen LogP contribution in [-0.2, 0) is 16.1 Å². The van der Waals surface area contributed by atoms with Crippen LogP contribution in [0.5, 0.6) is 0 Å². The fourth-order valence-corrected chi connectivity index (χ4v) is 5.01. The molecule has 0 aromatic carbocycles. The second-order valence-corrected chi connectivity index (χ2v) is 7.63. The number of hydrogen-bond donors (Lipinski definition) is 0. The van der Waals surface area contributed by atoms with Crippen LogP contribution in [0.25, 0.3) is 0 Å². The monoisotopic (exact) mass is 339 g/mol. The first-order valence-electron chi connectivity index (χ1n) is 7.32. The minimum Gasteiger partial charge on any atom is -0.369 e. The molecule has 0 saturated carbocycles. The van der Waals surface area contributed by atoms with Crippen LogP contribution < -0.4 is 0 Å². The van der Waals surface area contributed by atoms with Gasteiger partial charge < -0.3 is 9.47 Å². The third-order valence-electron chi connectivity index (χ3n) is 4.86. The van der Waals surface area contributed by atoms with E-state index in [0.29, 0.717) is 17.4 Å². The van der Waals surface area contributed by atoms with Crippen LogP contribution in [0.15, 0.2) is 24.4 Å². The molecule has 0 radical (unpaired) electrons. The Kier molecular flexibility index (Phi) is 3.68. The Balaban J connectivity index is 1.71. The van der Waals surface area contributed by atoms with Crippen molar-refractivity contribution in [1.29, 1.82) is 0 Å². The summed E-state index contributed by atoms with van der Waals surface area (Å²) in [7, 11) is 0. The van der Waals surface area contributed by atoms with Crippen LogP contribution in [0.4, 0.5) is 0 Å². The number of alkyl halides is 1. The fraction of sp³-hybridized carbons (Fsp3) is 0.688. The Morgan fingerprint density at radius 1 is 1.45 bits per heavy atom. The summed E-state index contributed by atoms with van der Waals surface area (Å²) < 4.78 is 12.6. The lowest BCUT2D eigenvalue weighted by atomic mass is 9.75. The second-order valence-electron chi connectivity index (χ2n) is 6.52. The van der Waals surface area contributed by atoms with Gasteiger partial charge in [0.25, 0.3) is 0 Å². The topological polar surface area (TPSA) is 31.4 Å². The van der Waals surface area contributed by atoms with Crippen molar-refractivity contribution in [2.75, 3.05) is 0 Å². The number of pyridine rings is 1. The number of rotatable bonds is 4. The molecule has 3 rings (SSSR count). The van der Waals surface area contributed by atoms with Crippen molar-refractivity contribution in [2.24, 2.45) is 5.92 Å². The van der Waals surface area contributed by atoms with E-state index in [9.17, 15) is 0 Å². The zero-order chi connectivity index (χ0) is 14.4. The smallest absolute Gasteiger partial charge is 0.0936 e. The zero-order valence-electron chi connectivity index (χ0n) is 12.3. The lowest BCUT2D eigenvalue weighted by Gasteiger charge is -2.35. The number of hydrogen-bond acceptors (Lipinski definition) is 3. The van der Waals surface area contributed by atoms with Gasteiger partial charge in [-0.2, -0.15) is 0 Å². The Labute approximate surface area is 129 Å². The molecule has 2 aliphatic heterocycles. The molecule has 0 amide bonds. The first kappa shape index (κ1) is 14.5. The lowest BCUT2D eigenvalue weighted by molar-refractivity contribution is -0.0958. The van der Waals surface area contributed by atoms with Crippen molar-refractivity contribution >= 4 is 15.9 Å². The van der Waals surface area contributed by atoms with Crippen LogP contribution >= 0.6 is 15.9 Å². The molecule has 0 spiro atoms. The maximum Gasteiger partial charge on any atom is 0.0936 e. The summed E-state index contributed by atoms with van der Waals surface area (Å²) in [5, 5.41) is 0. The molecule has 3 nitrogen and oxygen atoms in total. The molecule has 2 aliphatic rings. The summed E-state index contributed by atoms with van der Waals surface area (Å²) in [6.45, 7) is 7.22. The molecule has 110 valence electrons. The minimum atomic E-state index is -0.173. The van der Waals surface area contributed by atoms with Crippen LogP contribution in [0.3, 0.4) is 0 Å². The summed E-state index contributed by atoms with van der Waals surface area (Å²) in [4.78, 5) is 4.74. The average Bonchev–Trinajstić information content (AvgIpc) is 2.85. The van der Waals surface area contributed by atoms with Gasteiger partial charge in [0.15, 0.2) is 0 Å². The molecule has 3 heterocycles. The van der Waals surface area contributed by atoms with E-state index in [4.69, 9.17) is 9.47 Å². The number of fused-ring (bicyclic) bond motifs is 2. The molecule has 4 heteroatoms. The maximum absolute atomic E-state index is 6.43. The van der Waals surface area contributed by atoms with Gasteiger partial charge in [-0.15, -0.1) is 0 Å². The van der Waals surface area contributed by atoms with E-state index >= 15 is 0 Å². The van der Waals surface area contributed by atoms with Crippen molar-refractivity contribution in [3.8, 4) is 0 Å². The van der Waals surface area contributed by atoms with Gasteiger partial charge in [0, 0.05) is 17.4 Å². The average molecular weight is 340 g/mol. The SMILES string of the molecule is CC(C)[C@@]12C[C@H](OCc3ccccn3)[C@@](C)(C[C@H]1Br)O2. The Hall–Kier alpha value is -0.450. The minimum absolute atomic E-state index is 0.0798. The number of aromatic nitrogens is 1. The van der Waals surface area contributed by atoms with E-state index in [1.165, 1.54) is 0 Å². The summed E-state index contributed by atoms with van der Waals surface area (Å²) in [6, 6.07) is 5.92. The zero-order valence-corrected chi connectivity index (χ0v) is 13.9. The van der Waals surface area contributed by atoms with Gasteiger partial charge in [0.2, 0.25) is 0 Å². The third-order valence-corrected chi connectivity index (χ3v) is 5.96. The number of nitrogens with zero attached hydrogens (tertiary/aromatic N) is 1. The van der Waals surface area contributed by atoms with Gasteiger partial charge in [0.1, 0.15) is 0 Å². The van der Waals surface area contributed by atoms with Crippen molar-refractivity contribution in [1.82, 2.24) is 4.98 Å². The molecular formula is C16H22BrNO2. The van der Waals surface area contributed by atoms with Gasteiger partial charge in [-0.1, -0.05) is 35.8 Å². The summed E-state index contributed by atoms with van der Waals surface area (Å²) >= 11 is 3.82. The van der Waals surface area contributed by atoms with E-state index in [1.54, 1.807) is 0 Å². The molecule has 2 fully saturated rings. The van der Waals surface area contributed by atoms with Gasteiger partial charge in [-0.3, -0.25) is 4.98 Å². The van der Waals surface area contributed by atoms with Crippen molar-refractivity contribution < 1.29 is 9.47 Å². The van der Waals surface area contributed by atoms with E-state index in [2.05, 4.69) is 41.7 Å². The van der Waals surface area contributed by atoms with E-state index in [1.807, 2.05) is 24.4 Å². The Morgan fingerprint density at radius 3 is 2.85 bits per heavy atom. The highest BCUT2D eigenvalue weighted by molar-refractivity contribution is 9.09. The first-order valence-corrected chi connectivity index (χ1v) is 8.23. The molecule has 20 heavy (non-hydrogen) atoms. The summed E-state index contributed by atoms with van der Waals surface area (Å²) in [5.41, 5.74) is 0.726. The molecular weight excluding hydrogens is 318 g/mol. The van der Waals surface area contributed by atoms with Crippen molar-refractivity contribution in [3.63, 3.8) is 0 Å². The maximum atomic E-state index is 6.43. The van der Waals surface area contributed by atoms with E-state index in [0.717, 1.165) is 18.5 Å². The summed E-state index contributed by atoms with van der Waals surface area (Å²) in [6.07, 6.45) is 3.93. The van der Waals surface area contributed by atoms with E-state index in [-0.39, 0.29) is 17.3 Å². The predicted octanol–water partition coefficient (Wildman–Crippen LogP) is 3.71. The van der Waals surface area contributed by atoms with Crippen LogP contribution in [-0.4, -0.2) is 27.1 Å². The predicted molar refractivity (Wildman–Crippen MR) is 81.8 cm³/mol. The largest absolute Gasteiger partial charge is 0.369 e. The van der Waals surface area contributed by atoms with Gasteiger partial charge >= 0.3 is 0 Å². The lowest BCUT2D eigenvalue weighted by Crippen LogP contribution is -2.44. The standard InChI is InChI=1S/C16H22BrNO2/c1-11(2)16-9-14(15(3,20-16)8-13(16)17)19-10-12-6-4-5-7-18-12/h4-7,11,13-14H,8-10H2,1-3H3/t13-,14+,15-,16+/m1/s1. The molecule has 0 aliphatic carbocycles. The second kappa shape index (κ2) is 5.08. The molecule has 4 atom stereocenters. The van der Waals surface area contributed by atoms with Crippen molar-refractivity contribution in [2.45, 2.75) is 62.4 Å². The Bertz CT molecular complexity index is 481. The fourth-order valence-electron chi connectivity index (χ4n) is 3.56. The van der Waals surface area contributed by atoms with Gasteiger partial charge in [-0.25, -0.2) is 0 Å². The van der Waals surface area contributed by atoms with Crippen LogP contribution in [0, 0.1) is 5.92 Å². The molecule has 1 aromatic rings. The highest BCUT2D eigenvalue weighted by Crippen LogP contribution is 2.57. The molecule has 0 unspecified atom stereocenters. The molecule has 2 bridgehead atoms. The van der Waals surface area contributed by atoms with Crippen LogP contribution in [0.2, 0.25) is 0 Å². The Morgan fingerprint density at radius 2 is 2.25 bits per heavy atom. The van der Waals surface area contributed by atoms with E-state index < -0.39 is 0 Å². The quantitative estimate of drug-likeness (QED) is 0.783. The van der Waals surface area contributed by atoms with Crippen molar-refractivity contribution in [3.05, 3.63) is 30.1 Å². The highest BCUT2D eigenvalue weighted by atomic mass is 79.9. The highest BCUT2D eigenvalue weighted by Gasteiger charge is 2.65. The normalized spacial score (nSPS) is 39.6.